The summed E-state index contributed by atoms with van der Waals surface area (Å²) in [7, 11) is 0. The third-order valence-corrected chi connectivity index (χ3v) is 4.70. The van der Waals surface area contributed by atoms with Gasteiger partial charge in [0, 0.05) is 0 Å². The van der Waals surface area contributed by atoms with Crippen LogP contribution in [0.15, 0.2) is 54.6 Å². The van der Waals surface area contributed by atoms with Crippen molar-refractivity contribution in [1.82, 2.24) is 5.32 Å². The van der Waals surface area contributed by atoms with Gasteiger partial charge in [0.15, 0.2) is 0 Å². The number of rotatable bonds is 8. The summed E-state index contributed by atoms with van der Waals surface area (Å²) in [5.41, 5.74) is 3.83. The van der Waals surface area contributed by atoms with Crippen LogP contribution in [0.1, 0.15) is 44.4 Å². The maximum Gasteiger partial charge on any atom is 0.321 e. The number of benzene rings is 2. The summed E-state index contributed by atoms with van der Waals surface area (Å²) in [4.78, 5) is 11.5. The van der Waals surface area contributed by atoms with Crippen molar-refractivity contribution in [2.75, 3.05) is 6.54 Å². The average Bonchev–Trinajstić information content (AvgIpc) is 2.59. The molecule has 0 saturated heterocycles. The molecule has 0 radical (unpaired) electrons. The van der Waals surface area contributed by atoms with Crippen molar-refractivity contribution in [1.29, 1.82) is 0 Å². The van der Waals surface area contributed by atoms with E-state index in [1.54, 1.807) is 0 Å². The van der Waals surface area contributed by atoms with Gasteiger partial charge >= 0.3 is 5.97 Å². The SMILES string of the molecule is CC(CN[C@@H](Cc1ccccc1)C(=O)O)Cc1ccc(C(C)(C)C)cc1. The van der Waals surface area contributed by atoms with E-state index >= 15 is 0 Å². The van der Waals surface area contributed by atoms with Gasteiger partial charge in [0.25, 0.3) is 0 Å². The lowest BCUT2D eigenvalue weighted by Crippen LogP contribution is -2.41. The van der Waals surface area contributed by atoms with Crippen LogP contribution in [0.4, 0.5) is 0 Å². The number of carboxylic acid groups (broad SMARTS) is 1. The second kappa shape index (κ2) is 9.00. The molecule has 0 saturated carbocycles. The Balaban J connectivity index is 1.87. The highest BCUT2D eigenvalue weighted by atomic mass is 16.4. The van der Waals surface area contributed by atoms with Crippen molar-refractivity contribution in [2.24, 2.45) is 5.92 Å². The minimum Gasteiger partial charge on any atom is -0.480 e. The molecular weight excluding hydrogens is 322 g/mol. The fourth-order valence-corrected chi connectivity index (χ4v) is 3.06. The van der Waals surface area contributed by atoms with Gasteiger partial charge in [-0.1, -0.05) is 82.3 Å². The first-order valence-electron chi connectivity index (χ1n) is 9.35. The van der Waals surface area contributed by atoms with E-state index in [9.17, 15) is 9.90 Å². The van der Waals surface area contributed by atoms with E-state index in [-0.39, 0.29) is 5.41 Å². The summed E-state index contributed by atoms with van der Waals surface area (Å²) in [5, 5.41) is 12.7. The monoisotopic (exact) mass is 353 g/mol. The molecule has 2 aromatic rings. The largest absolute Gasteiger partial charge is 0.480 e. The van der Waals surface area contributed by atoms with Crippen LogP contribution in [-0.4, -0.2) is 23.7 Å². The summed E-state index contributed by atoms with van der Waals surface area (Å²) >= 11 is 0. The topological polar surface area (TPSA) is 49.3 Å². The van der Waals surface area contributed by atoms with E-state index in [2.05, 4.69) is 57.3 Å². The average molecular weight is 354 g/mol. The zero-order chi connectivity index (χ0) is 19.2. The number of aliphatic carboxylic acids is 1. The second-order valence-corrected chi connectivity index (χ2v) is 8.25. The zero-order valence-corrected chi connectivity index (χ0v) is 16.3. The van der Waals surface area contributed by atoms with Crippen LogP contribution in [0, 0.1) is 5.92 Å². The number of nitrogens with one attached hydrogen (secondary N) is 1. The highest BCUT2D eigenvalue weighted by Crippen LogP contribution is 2.22. The normalized spacial score (nSPS) is 14.0. The molecule has 0 heterocycles. The Morgan fingerprint density at radius 1 is 0.962 bits per heavy atom. The van der Waals surface area contributed by atoms with E-state index in [0.29, 0.717) is 18.9 Å². The number of carboxylic acids is 1. The zero-order valence-electron chi connectivity index (χ0n) is 16.3. The standard InChI is InChI=1S/C23H31NO2/c1-17(14-19-10-12-20(13-11-19)23(2,3)4)16-24-21(22(25)26)15-18-8-6-5-7-9-18/h5-13,17,21,24H,14-16H2,1-4H3,(H,25,26)/t17?,21-/m0/s1. The first-order chi connectivity index (χ1) is 12.3. The molecule has 2 rings (SSSR count). The van der Waals surface area contributed by atoms with Crippen LogP contribution in [-0.2, 0) is 23.1 Å². The molecule has 0 bridgehead atoms. The fraction of sp³-hybridized carbons (Fsp3) is 0.435. The molecule has 2 aromatic carbocycles. The summed E-state index contributed by atoms with van der Waals surface area (Å²) < 4.78 is 0. The van der Waals surface area contributed by atoms with Crippen LogP contribution in [0.2, 0.25) is 0 Å². The number of hydrogen-bond donors (Lipinski definition) is 2. The predicted molar refractivity (Wildman–Crippen MR) is 108 cm³/mol. The van der Waals surface area contributed by atoms with Gasteiger partial charge < -0.3 is 10.4 Å². The Morgan fingerprint density at radius 2 is 1.54 bits per heavy atom. The van der Waals surface area contributed by atoms with Crippen LogP contribution in [0.25, 0.3) is 0 Å². The van der Waals surface area contributed by atoms with Crippen LogP contribution < -0.4 is 5.32 Å². The van der Waals surface area contributed by atoms with E-state index in [0.717, 1.165) is 12.0 Å². The molecule has 0 amide bonds. The van der Waals surface area contributed by atoms with Gasteiger partial charge in [-0.2, -0.15) is 0 Å². The van der Waals surface area contributed by atoms with Crippen molar-refractivity contribution < 1.29 is 9.90 Å². The molecule has 2 atom stereocenters. The van der Waals surface area contributed by atoms with Gasteiger partial charge in [-0.25, -0.2) is 0 Å². The maximum absolute atomic E-state index is 11.5. The van der Waals surface area contributed by atoms with Crippen LogP contribution in [0.5, 0.6) is 0 Å². The quantitative estimate of drug-likeness (QED) is 0.737. The molecular formula is C23H31NO2. The van der Waals surface area contributed by atoms with Gasteiger partial charge in [0.05, 0.1) is 0 Å². The molecule has 3 heteroatoms. The summed E-state index contributed by atoms with van der Waals surface area (Å²) in [6, 6.07) is 18.0. The molecule has 0 aliphatic carbocycles. The highest BCUT2D eigenvalue weighted by molar-refractivity contribution is 5.73. The minimum atomic E-state index is -0.796. The molecule has 0 fully saturated rings. The molecule has 2 N–H and O–H groups in total. The molecule has 0 spiro atoms. The Hall–Kier alpha value is -2.13. The van der Waals surface area contributed by atoms with Crippen molar-refractivity contribution >= 4 is 5.97 Å². The molecule has 140 valence electrons. The van der Waals surface area contributed by atoms with Crippen molar-refractivity contribution in [3.63, 3.8) is 0 Å². The summed E-state index contributed by atoms with van der Waals surface area (Å²) in [6.07, 6.45) is 1.44. The third kappa shape index (κ3) is 6.30. The Kier molecular flexibility index (Phi) is 6.98. The maximum atomic E-state index is 11.5. The highest BCUT2D eigenvalue weighted by Gasteiger charge is 2.18. The van der Waals surface area contributed by atoms with E-state index < -0.39 is 12.0 Å². The molecule has 3 nitrogen and oxygen atoms in total. The fourth-order valence-electron chi connectivity index (χ4n) is 3.06. The van der Waals surface area contributed by atoms with Crippen molar-refractivity contribution in [3.05, 3.63) is 71.3 Å². The smallest absolute Gasteiger partial charge is 0.321 e. The molecule has 0 aliphatic heterocycles. The molecule has 1 unspecified atom stereocenters. The first kappa shape index (κ1) is 20.2. The van der Waals surface area contributed by atoms with Gasteiger partial charge in [-0.15, -0.1) is 0 Å². The van der Waals surface area contributed by atoms with Gasteiger partial charge in [-0.3, -0.25) is 4.79 Å². The van der Waals surface area contributed by atoms with Crippen LogP contribution in [0.3, 0.4) is 0 Å². The number of carbonyl (C=O) groups is 1. The van der Waals surface area contributed by atoms with Gasteiger partial charge in [0.2, 0.25) is 0 Å². The lowest BCUT2D eigenvalue weighted by atomic mass is 9.86. The summed E-state index contributed by atoms with van der Waals surface area (Å²) in [5.74, 6) is -0.427. The second-order valence-electron chi connectivity index (χ2n) is 8.25. The Bertz CT molecular complexity index is 686. The predicted octanol–water partition coefficient (Wildman–Crippen LogP) is 4.45. The minimum absolute atomic E-state index is 0.165. The lowest BCUT2D eigenvalue weighted by molar-refractivity contribution is -0.139. The first-order valence-corrected chi connectivity index (χ1v) is 9.35. The number of hydrogen-bond acceptors (Lipinski definition) is 2. The molecule has 26 heavy (non-hydrogen) atoms. The van der Waals surface area contributed by atoms with E-state index in [4.69, 9.17) is 0 Å². The Labute approximate surface area is 157 Å². The van der Waals surface area contributed by atoms with E-state index in [1.165, 1.54) is 11.1 Å². The van der Waals surface area contributed by atoms with Crippen molar-refractivity contribution in [3.8, 4) is 0 Å². The lowest BCUT2D eigenvalue weighted by Gasteiger charge is -2.20. The Morgan fingerprint density at radius 3 is 2.08 bits per heavy atom. The van der Waals surface area contributed by atoms with E-state index in [1.807, 2.05) is 30.3 Å². The molecule has 0 aromatic heterocycles. The molecule has 0 aliphatic rings. The third-order valence-electron chi connectivity index (χ3n) is 4.70. The van der Waals surface area contributed by atoms with Crippen LogP contribution >= 0.6 is 0 Å². The summed E-state index contributed by atoms with van der Waals surface area (Å²) in [6.45, 7) is 9.49. The van der Waals surface area contributed by atoms with Gasteiger partial charge in [-0.05, 0) is 47.4 Å². The van der Waals surface area contributed by atoms with Gasteiger partial charge in [0.1, 0.15) is 6.04 Å². The van der Waals surface area contributed by atoms with Crippen molar-refractivity contribution in [2.45, 2.75) is 52.0 Å².